The molecule has 0 fully saturated rings. The van der Waals surface area contributed by atoms with Crippen LogP contribution < -0.4 is 9.50 Å². The van der Waals surface area contributed by atoms with Gasteiger partial charge in [0.15, 0.2) is 11.8 Å². The summed E-state index contributed by atoms with van der Waals surface area (Å²) in [6, 6.07) is 13.5. The maximum Gasteiger partial charge on any atom is 0.339 e. The summed E-state index contributed by atoms with van der Waals surface area (Å²) >= 11 is 5.85. The van der Waals surface area contributed by atoms with E-state index in [0.717, 1.165) is 5.56 Å². The van der Waals surface area contributed by atoms with Crippen molar-refractivity contribution in [2.75, 3.05) is 11.9 Å². The van der Waals surface area contributed by atoms with Crippen molar-refractivity contribution in [1.82, 2.24) is 4.98 Å². The predicted molar refractivity (Wildman–Crippen MR) is 118 cm³/mol. The number of nitrogens with one attached hydrogen (secondary N) is 1. The molecular formula is C22H19ClN2O6S. The summed E-state index contributed by atoms with van der Waals surface area (Å²) in [7, 11) is -4.04. The Balaban J connectivity index is 1.60. The molecule has 0 aliphatic heterocycles. The van der Waals surface area contributed by atoms with E-state index in [9.17, 15) is 18.0 Å². The Labute approximate surface area is 190 Å². The standard InChI is InChI=1S/C22H19ClN2O6S/c1-14-5-6-15(2)19(12-14)32(28,29)31-17-9-7-16(8-10-17)22(27)30-13-20(26)25-18-4-3-11-24-21(18)23/h3-12H,13H2,1-2H3,(H,25,26). The van der Waals surface area contributed by atoms with Gasteiger partial charge in [-0.05, 0) is 67.4 Å². The van der Waals surface area contributed by atoms with Crippen molar-refractivity contribution in [1.29, 1.82) is 0 Å². The van der Waals surface area contributed by atoms with Crippen LogP contribution in [-0.2, 0) is 19.6 Å². The molecule has 3 aromatic rings. The zero-order valence-corrected chi connectivity index (χ0v) is 18.7. The Morgan fingerprint density at radius 3 is 2.47 bits per heavy atom. The highest BCUT2D eigenvalue weighted by atomic mass is 35.5. The summed E-state index contributed by atoms with van der Waals surface area (Å²) in [6.07, 6.45) is 1.47. The van der Waals surface area contributed by atoms with Crippen molar-refractivity contribution in [3.05, 3.63) is 82.6 Å². The average molecular weight is 475 g/mol. The number of carbonyl (C=O) groups excluding carboxylic acids is 2. The number of hydrogen-bond acceptors (Lipinski definition) is 7. The van der Waals surface area contributed by atoms with Crippen LogP contribution in [0.4, 0.5) is 5.69 Å². The molecule has 0 saturated heterocycles. The molecular weight excluding hydrogens is 456 g/mol. The second-order valence-electron chi connectivity index (χ2n) is 6.80. The topological polar surface area (TPSA) is 112 Å². The van der Waals surface area contributed by atoms with E-state index in [2.05, 4.69) is 10.3 Å². The third-order valence-corrected chi connectivity index (χ3v) is 5.97. The Morgan fingerprint density at radius 2 is 1.78 bits per heavy atom. The zero-order chi connectivity index (χ0) is 23.3. The van der Waals surface area contributed by atoms with Gasteiger partial charge in [-0.1, -0.05) is 23.7 Å². The molecule has 0 spiro atoms. The first kappa shape index (κ1) is 23.2. The van der Waals surface area contributed by atoms with Gasteiger partial charge in [-0.15, -0.1) is 0 Å². The highest BCUT2D eigenvalue weighted by molar-refractivity contribution is 7.87. The normalized spacial score (nSPS) is 11.0. The van der Waals surface area contributed by atoms with Crippen molar-refractivity contribution in [3.63, 3.8) is 0 Å². The van der Waals surface area contributed by atoms with Gasteiger partial charge in [0.2, 0.25) is 0 Å². The second-order valence-corrected chi connectivity index (χ2v) is 8.67. The third kappa shape index (κ3) is 5.83. The molecule has 0 aliphatic rings. The van der Waals surface area contributed by atoms with E-state index < -0.39 is 28.6 Å². The lowest BCUT2D eigenvalue weighted by atomic mass is 10.2. The first-order valence-electron chi connectivity index (χ1n) is 9.35. The molecule has 0 bridgehead atoms. The van der Waals surface area contributed by atoms with E-state index in [-0.39, 0.29) is 21.4 Å². The monoisotopic (exact) mass is 474 g/mol. The number of esters is 1. The number of aryl methyl sites for hydroxylation is 2. The Bertz CT molecular complexity index is 1260. The van der Waals surface area contributed by atoms with E-state index in [1.807, 2.05) is 0 Å². The first-order chi connectivity index (χ1) is 15.2. The lowest BCUT2D eigenvalue weighted by molar-refractivity contribution is -0.119. The minimum Gasteiger partial charge on any atom is -0.452 e. The molecule has 8 nitrogen and oxygen atoms in total. The summed E-state index contributed by atoms with van der Waals surface area (Å²) in [5.41, 5.74) is 1.75. The lowest BCUT2D eigenvalue weighted by Gasteiger charge is -2.11. The van der Waals surface area contributed by atoms with Crippen LogP contribution in [0.15, 0.2) is 65.7 Å². The molecule has 10 heteroatoms. The smallest absolute Gasteiger partial charge is 0.339 e. The quantitative estimate of drug-likeness (QED) is 0.314. The zero-order valence-electron chi connectivity index (χ0n) is 17.2. The van der Waals surface area contributed by atoms with Gasteiger partial charge in [-0.3, -0.25) is 4.79 Å². The predicted octanol–water partition coefficient (Wildman–Crippen LogP) is 3.92. The van der Waals surface area contributed by atoms with Gasteiger partial charge < -0.3 is 14.2 Å². The van der Waals surface area contributed by atoms with Gasteiger partial charge >= 0.3 is 16.1 Å². The minimum absolute atomic E-state index is 0.0337. The van der Waals surface area contributed by atoms with Gasteiger partial charge in [0.05, 0.1) is 11.3 Å². The van der Waals surface area contributed by atoms with Crippen molar-refractivity contribution >= 4 is 39.3 Å². The molecule has 0 aliphatic carbocycles. The molecule has 1 amide bonds. The number of nitrogens with zero attached hydrogens (tertiary/aromatic N) is 1. The molecule has 0 unspecified atom stereocenters. The fourth-order valence-electron chi connectivity index (χ4n) is 2.67. The van der Waals surface area contributed by atoms with Crippen LogP contribution in [0.1, 0.15) is 21.5 Å². The number of pyridine rings is 1. The number of anilines is 1. The van der Waals surface area contributed by atoms with Gasteiger partial charge in [0.1, 0.15) is 10.6 Å². The van der Waals surface area contributed by atoms with Crippen LogP contribution in [0.25, 0.3) is 0 Å². The van der Waals surface area contributed by atoms with Crippen molar-refractivity contribution < 1.29 is 26.9 Å². The minimum atomic E-state index is -4.04. The maximum absolute atomic E-state index is 12.6. The molecule has 1 heterocycles. The number of halogens is 1. The summed E-state index contributed by atoms with van der Waals surface area (Å²) in [4.78, 5) is 28.0. The Morgan fingerprint density at radius 1 is 1.06 bits per heavy atom. The highest BCUT2D eigenvalue weighted by Crippen LogP contribution is 2.23. The molecule has 1 aromatic heterocycles. The van der Waals surface area contributed by atoms with Gasteiger partial charge in [-0.25, -0.2) is 9.78 Å². The Hall–Kier alpha value is -3.43. The van der Waals surface area contributed by atoms with Crippen LogP contribution in [-0.4, -0.2) is 31.9 Å². The molecule has 32 heavy (non-hydrogen) atoms. The third-order valence-electron chi connectivity index (χ3n) is 4.28. The number of ether oxygens (including phenoxy) is 1. The molecule has 0 atom stereocenters. The number of aromatic nitrogens is 1. The van der Waals surface area contributed by atoms with Crippen LogP contribution in [0.5, 0.6) is 5.75 Å². The van der Waals surface area contributed by atoms with E-state index in [0.29, 0.717) is 11.3 Å². The van der Waals surface area contributed by atoms with E-state index in [1.165, 1.54) is 36.5 Å². The largest absolute Gasteiger partial charge is 0.452 e. The molecule has 1 N–H and O–H groups in total. The van der Waals surface area contributed by atoms with Gasteiger partial charge in [0.25, 0.3) is 5.91 Å². The van der Waals surface area contributed by atoms with Gasteiger partial charge in [-0.2, -0.15) is 8.42 Å². The number of carbonyl (C=O) groups is 2. The lowest BCUT2D eigenvalue weighted by Crippen LogP contribution is -2.21. The van der Waals surface area contributed by atoms with Crippen LogP contribution >= 0.6 is 11.6 Å². The van der Waals surface area contributed by atoms with Crippen molar-refractivity contribution in [3.8, 4) is 5.75 Å². The fraction of sp³-hybridized carbons (Fsp3) is 0.136. The maximum atomic E-state index is 12.6. The SMILES string of the molecule is Cc1ccc(C)c(S(=O)(=O)Oc2ccc(C(=O)OCC(=O)Nc3cccnc3Cl)cc2)c1. The van der Waals surface area contributed by atoms with Crippen LogP contribution in [0.3, 0.4) is 0 Å². The molecule has 2 aromatic carbocycles. The molecule has 166 valence electrons. The van der Waals surface area contributed by atoms with E-state index >= 15 is 0 Å². The van der Waals surface area contributed by atoms with Crippen molar-refractivity contribution in [2.24, 2.45) is 0 Å². The number of rotatable bonds is 7. The number of hydrogen-bond donors (Lipinski definition) is 1. The van der Waals surface area contributed by atoms with Crippen LogP contribution in [0, 0.1) is 13.8 Å². The molecule has 0 radical (unpaired) electrons. The number of amides is 1. The number of benzene rings is 2. The second kappa shape index (κ2) is 9.80. The van der Waals surface area contributed by atoms with E-state index in [1.54, 1.807) is 38.1 Å². The van der Waals surface area contributed by atoms with Crippen LogP contribution in [0.2, 0.25) is 5.15 Å². The first-order valence-corrected chi connectivity index (χ1v) is 11.1. The molecule has 3 rings (SSSR count). The van der Waals surface area contributed by atoms with Crippen molar-refractivity contribution in [2.45, 2.75) is 18.7 Å². The summed E-state index contributed by atoms with van der Waals surface area (Å²) < 4.78 is 35.3. The highest BCUT2D eigenvalue weighted by Gasteiger charge is 2.20. The molecule has 0 saturated carbocycles. The van der Waals surface area contributed by atoms with E-state index in [4.69, 9.17) is 20.5 Å². The fourth-order valence-corrected chi connectivity index (χ4v) is 4.09. The van der Waals surface area contributed by atoms with Gasteiger partial charge in [0, 0.05) is 6.20 Å². The Kier molecular flexibility index (Phi) is 7.12. The summed E-state index contributed by atoms with van der Waals surface area (Å²) in [6.45, 7) is 2.92. The summed E-state index contributed by atoms with van der Waals surface area (Å²) in [5, 5.41) is 2.59. The average Bonchev–Trinajstić information content (AvgIpc) is 2.75. The summed E-state index contributed by atoms with van der Waals surface area (Å²) in [5.74, 6) is -1.32.